The van der Waals surface area contributed by atoms with Gasteiger partial charge in [0.05, 0.1) is 23.3 Å². The molecular formula is C49H35N5O. The number of nitrogens with one attached hydrogen (secondary N) is 1. The fourth-order valence-corrected chi connectivity index (χ4v) is 8.95. The number of nitrogens with zero attached hydrogens (tertiary/aromatic N) is 3. The molecule has 1 spiro atoms. The van der Waals surface area contributed by atoms with Crippen LogP contribution < -0.4 is 15.8 Å². The maximum atomic E-state index is 6.97. The summed E-state index contributed by atoms with van der Waals surface area (Å²) in [5.74, 6) is 2.77. The molecule has 1 aromatic heterocycles. The first-order chi connectivity index (χ1) is 27.2. The van der Waals surface area contributed by atoms with Gasteiger partial charge in [-0.1, -0.05) is 121 Å². The van der Waals surface area contributed by atoms with Gasteiger partial charge in [0, 0.05) is 41.2 Å². The standard InChI is InChI=1S/C49H35N5O/c50-47(53-48(52-29-31-9-3-1-4-10-31)34-17-15-33(16-18-34)32-11-5-2-6-12-32)36-20-22-43-39(27-36)35-19-21-38-37-13-7-8-14-40(37)49(41(38)28-35)42-30-51-25-23-44(42)55-45-24-26-54(43)46(45)49/h1-28,51H,29-30H2,(H2,50,52,53). The minimum Gasteiger partial charge on any atom is -0.455 e. The van der Waals surface area contributed by atoms with Crippen LogP contribution in [0.3, 0.4) is 0 Å². The lowest BCUT2D eigenvalue weighted by Crippen LogP contribution is -2.41. The Balaban J connectivity index is 1.05. The van der Waals surface area contributed by atoms with Crippen LogP contribution in [0, 0.1) is 0 Å². The molecule has 6 aromatic carbocycles. The molecule has 1 atom stereocenters. The number of hydrogen-bond acceptors (Lipinski definition) is 3. The number of ether oxygens (including phenoxy) is 1. The van der Waals surface area contributed by atoms with Crippen molar-refractivity contribution in [1.29, 1.82) is 0 Å². The molecule has 4 heterocycles. The van der Waals surface area contributed by atoms with E-state index in [4.69, 9.17) is 20.5 Å². The van der Waals surface area contributed by atoms with Crippen LogP contribution in [0.15, 0.2) is 191 Å². The summed E-state index contributed by atoms with van der Waals surface area (Å²) >= 11 is 0. The Morgan fingerprint density at radius 2 is 1.42 bits per heavy atom. The molecule has 7 aromatic rings. The summed E-state index contributed by atoms with van der Waals surface area (Å²) in [6.45, 7) is 1.18. The van der Waals surface area contributed by atoms with Crippen molar-refractivity contribution in [1.82, 2.24) is 9.88 Å². The molecule has 3 aliphatic heterocycles. The molecule has 0 fully saturated rings. The molecule has 1 aliphatic carbocycles. The van der Waals surface area contributed by atoms with Crippen molar-refractivity contribution < 1.29 is 4.74 Å². The summed E-state index contributed by atoms with van der Waals surface area (Å²) in [4.78, 5) is 10.1. The van der Waals surface area contributed by atoms with Crippen molar-refractivity contribution in [2.75, 3.05) is 6.54 Å². The second kappa shape index (κ2) is 12.2. The lowest BCUT2D eigenvalue weighted by Gasteiger charge is -2.42. The van der Waals surface area contributed by atoms with E-state index in [-0.39, 0.29) is 0 Å². The summed E-state index contributed by atoms with van der Waals surface area (Å²) in [6.07, 6.45) is 6.20. The van der Waals surface area contributed by atoms with Crippen molar-refractivity contribution in [2.24, 2.45) is 15.7 Å². The Bertz CT molecular complexity index is 2810. The molecule has 11 rings (SSSR count). The lowest BCUT2D eigenvalue weighted by atomic mass is 9.66. The lowest BCUT2D eigenvalue weighted by molar-refractivity contribution is 0.385. The number of hydrogen-bond donors (Lipinski definition) is 2. The highest BCUT2D eigenvalue weighted by Gasteiger charge is 2.55. The number of aliphatic imine (C=N–C) groups is 2. The second-order valence-electron chi connectivity index (χ2n) is 14.4. The predicted octanol–water partition coefficient (Wildman–Crippen LogP) is 9.56. The number of rotatable bonds is 5. The summed E-state index contributed by atoms with van der Waals surface area (Å²) in [6, 6.07) is 53.3. The smallest absolute Gasteiger partial charge is 0.157 e. The van der Waals surface area contributed by atoms with Gasteiger partial charge in [-0.25, -0.2) is 4.99 Å². The summed E-state index contributed by atoms with van der Waals surface area (Å²) < 4.78 is 9.02. The van der Waals surface area contributed by atoms with Crippen LogP contribution in [0.1, 0.15) is 33.5 Å². The number of benzene rings is 6. The van der Waals surface area contributed by atoms with Gasteiger partial charge in [0.25, 0.3) is 0 Å². The highest BCUT2D eigenvalue weighted by Crippen LogP contribution is 2.62. The third-order valence-corrected chi connectivity index (χ3v) is 11.4. The van der Waals surface area contributed by atoms with E-state index in [1.807, 2.05) is 30.5 Å². The van der Waals surface area contributed by atoms with Gasteiger partial charge in [0.15, 0.2) is 5.84 Å². The minimum absolute atomic E-state index is 0.402. The Morgan fingerprint density at radius 1 is 0.691 bits per heavy atom. The average Bonchev–Trinajstić information content (AvgIpc) is 3.79. The van der Waals surface area contributed by atoms with Crippen LogP contribution in [0.2, 0.25) is 0 Å². The fourth-order valence-electron chi connectivity index (χ4n) is 8.95. The zero-order valence-corrected chi connectivity index (χ0v) is 29.9. The molecule has 4 aliphatic rings. The predicted molar refractivity (Wildman–Crippen MR) is 221 cm³/mol. The van der Waals surface area contributed by atoms with Crippen molar-refractivity contribution in [3.05, 3.63) is 215 Å². The Kier molecular flexibility index (Phi) is 6.95. The Morgan fingerprint density at radius 3 is 2.27 bits per heavy atom. The third kappa shape index (κ3) is 4.74. The first-order valence-corrected chi connectivity index (χ1v) is 18.7. The molecule has 0 amide bonds. The maximum Gasteiger partial charge on any atom is 0.157 e. The molecule has 3 N–H and O–H groups in total. The summed E-state index contributed by atoms with van der Waals surface area (Å²) in [5.41, 5.74) is 22.2. The third-order valence-electron chi connectivity index (χ3n) is 11.4. The van der Waals surface area contributed by atoms with Gasteiger partial charge >= 0.3 is 0 Å². The van der Waals surface area contributed by atoms with Gasteiger partial charge in [0.2, 0.25) is 0 Å². The average molecular weight is 710 g/mol. The molecule has 6 heteroatoms. The van der Waals surface area contributed by atoms with Crippen LogP contribution in [0.4, 0.5) is 0 Å². The van der Waals surface area contributed by atoms with Gasteiger partial charge in [-0.05, 0) is 80.9 Å². The fraction of sp³-hybridized carbons (Fsp3) is 0.0612. The van der Waals surface area contributed by atoms with Crippen LogP contribution >= 0.6 is 0 Å². The molecule has 0 saturated carbocycles. The van der Waals surface area contributed by atoms with E-state index < -0.39 is 5.41 Å². The molecule has 262 valence electrons. The van der Waals surface area contributed by atoms with Crippen LogP contribution in [-0.4, -0.2) is 22.8 Å². The van der Waals surface area contributed by atoms with E-state index in [1.165, 1.54) is 27.8 Å². The summed E-state index contributed by atoms with van der Waals surface area (Å²) in [5, 5.41) is 3.50. The largest absolute Gasteiger partial charge is 0.455 e. The van der Waals surface area contributed by atoms with E-state index in [9.17, 15) is 0 Å². The highest BCUT2D eigenvalue weighted by molar-refractivity contribution is 6.11. The van der Waals surface area contributed by atoms with Crippen molar-refractivity contribution in [3.63, 3.8) is 0 Å². The zero-order chi connectivity index (χ0) is 36.5. The highest BCUT2D eigenvalue weighted by atomic mass is 16.5. The zero-order valence-electron chi connectivity index (χ0n) is 29.9. The number of dihydropyridines is 1. The number of aromatic nitrogens is 1. The molecule has 1 unspecified atom stereocenters. The number of allylic oxidation sites excluding steroid dienone is 1. The first kappa shape index (κ1) is 31.4. The summed E-state index contributed by atoms with van der Waals surface area (Å²) in [7, 11) is 0. The Labute approximate surface area is 319 Å². The van der Waals surface area contributed by atoms with Crippen LogP contribution in [-0.2, 0) is 12.0 Å². The van der Waals surface area contributed by atoms with Crippen molar-refractivity contribution >= 4 is 11.7 Å². The van der Waals surface area contributed by atoms with Crippen molar-refractivity contribution in [3.8, 4) is 44.8 Å². The number of nitrogens with two attached hydrogens (primary N) is 1. The Hall–Kier alpha value is -7.18. The number of amidine groups is 2. The SMILES string of the molecule is N/C(=N\C(=N/Cc1ccccc1)c1ccc(-c2ccccc2)cc1)c1ccc2c(c1)-c1ccc3c(c1)C1(C4=C(C=CNC4)Oc4ccn-2c41)c1ccccc1-3. The van der Waals surface area contributed by atoms with Gasteiger partial charge in [-0.2, -0.15) is 0 Å². The van der Waals surface area contributed by atoms with Crippen LogP contribution in [0.25, 0.3) is 39.1 Å². The quantitative estimate of drug-likeness (QED) is 0.138. The molecule has 0 saturated heterocycles. The van der Waals surface area contributed by atoms with E-state index in [1.54, 1.807) is 0 Å². The van der Waals surface area contributed by atoms with Gasteiger partial charge in [0.1, 0.15) is 17.3 Å². The maximum absolute atomic E-state index is 6.97. The second-order valence-corrected chi connectivity index (χ2v) is 14.4. The molecular weight excluding hydrogens is 675 g/mol. The monoisotopic (exact) mass is 709 g/mol. The van der Waals surface area contributed by atoms with Crippen LogP contribution in [0.5, 0.6) is 5.75 Å². The van der Waals surface area contributed by atoms with E-state index in [0.29, 0.717) is 24.8 Å². The molecule has 2 bridgehead atoms. The molecule has 55 heavy (non-hydrogen) atoms. The molecule has 0 radical (unpaired) electrons. The topological polar surface area (TPSA) is 76.9 Å². The minimum atomic E-state index is -0.511. The van der Waals surface area contributed by atoms with E-state index in [0.717, 1.165) is 61.8 Å². The van der Waals surface area contributed by atoms with Gasteiger partial charge in [-0.3, -0.25) is 4.99 Å². The van der Waals surface area contributed by atoms with Gasteiger partial charge in [-0.15, -0.1) is 0 Å². The van der Waals surface area contributed by atoms with E-state index in [2.05, 4.69) is 150 Å². The normalized spacial score (nSPS) is 17.2. The van der Waals surface area contributed by atoms with Gasteiger partial charge < -0.3 is 20.4 Å². The van der Waals surface area contributed by atoms with Crippen molar-refractivity contribution in [2.45, 2.75) is 12.0 Å². The molecule has 6 nitrogen and oxygen atoms in total. The van der Waals surface area contributed by atoms with E-state index >= 15 is 0 Å². The number of fused-ring (bicyclic) bond motifs is 6. The first-order valence-electron chi connectivity index (χ1n) is 18.7.